The van der Waals surface area contributed by atoms with Gasteiger partial charge >= 0.3 is 5.97 Å². The van der Waals surface area contributed by atoms with Gasteiger partial charge in [-0.2, -0.15) is 0 Å². The largest absolute Gasteiger partial charge is 0.481 e. The summed E-state index contributed by atoms with van der Waals surface area (Å²) >= 11 is 0. The zero-order valence-electron chi connectivity index (χ0n) is 15.9. The molecule has 0 spiro atoms. The molecule has 2 rings (SSSR count). The fourth-order valence-corrected chi connectivity index (χ4v) is 4.03. The van der Waals surface area contributed by atoms with Gasteiger partial charge < -0.3 is 14.9 Å². The highest BCUT2D eigenvalue weighted by atomic mass is 32.2. The van der Waals surface area contributed by atoms with Gasteiger partial charge in [0.05, 0.1) is 4.90 Å². The van der Waals surface area contributed by atoms with Crippen LogP contribution in [0.3, 0.4) is 0 Å². The van der Waals surface area contributed by atoms with Crippen molar-refractivity contribution in [1.29, 1.82) is 0 Å². The maximum Gasteiger partial charge on any atom is 0.303 e. The highest BCUT2D eigenvalue weighted by Gasteiger charge is 2.43. The SMILES string of the molecule is CN(Cc1ccc(F)cc1S(C)(=O)=O)C(=O)C1CN(CCCC(=O)O)C(=O)C1=O. The van der Waals surface area contributed by atoms with E-state index in [1.807, 2.05) is 0 Å². The highest BCUT2D eigenvalue weighted by molar-refractivity contribution is 7.90. The lowest BCUT2D eigenvalue weighted by Crippen LogP contribution is -2.37. The van der Waals surface area contributed by atoms with Gasteiger partial charge in [0.2, 0.25) is 11.7 Å². The van der Waals surface area contributed by atoms with Crippen LogP contribution in [-0.4, -0.2) is 73.3 Å². The van der Waals surface area contributed by atoms with E-state index in [1.54, 1.807) is 0 Å². The second-order valence-corrected chi connectivity index (χ2v) is 8.87. The third kappa shape index (κ3) is 5.37. The number of Topliss-reactive ketones (excluding diaryl/α,β-unsaturated/α-hetero) is 1. The average Bonchev–Trinajstić information content (AvgIpc) is 2.90. The number of rotatable bonds is 8. The average molecular weight is 428 g/mol. The number of carboxylic acid groups (broad SMARTS) is 1. The van der Waals surface area contributed by atoms with Gasteiger partial charge in [-0.15, -0.1) is 0 Å². The van der Waals surface area contributed by atoms with E-state index in [-0.39, 0.29) is 42.9 Å². The molecule has 1 fully saturated rings. The van der Waals surface area contributed by atoms with E-state index in [1.165, 1.54) is 13.1 Å². The summed E-state index contributed by atoms with van der Waals surface area (Å²) in [5.41, 5.74) is 0.180. The maximum absolute atomic E-state index is 13.4. The Morgan fingerprint density at radius 2 is 1.97 bits per heavy atom. The van der Waals surface area contributed by atoms with Crippen LogP contribution < -0.4 is 0 Å². The van der Waals surface area contributed by atoms with Gasteiger partial charge in [0, 0.05) is 39.4 Å². The lowest BCUT2D eigenvalue weighted by atomic mass is 10.1. The van der Waals surface area contributed by atoms with Crippen LogP contribution in [0.4, 0.5) is 4.39 Å². The molecule has 1 N–H and O–H groups in total. The van der Waals surface area contributed by atoms with E-state index in [0.717, 1.165) is 28.2 Å². The zero-order chi connectivity index (χ0) is 21.9. The summed E-state index contributed by atoms with van der Waals surface area (Å²) in [6.07, 6.45) is 0.898. The van der Waals surface area contributed by atoms with E-state index in [4.69, 9.17) is 5.11 Å². The van der Waals surface area contributed by atoms with Crippen molar-refractivity contribution in [1.82, 2.24) is 9.80 Å². The molecule has 0 bridgehead atoms. The third-order valence-electron chi connectivity index (χ3n) is 4.55. The lowest BCUT2D eigenvalue weighted by molar-refractivity contribution is -0.144. The Morgan fingerprint density at radius 1 is 1.31 bits per heavy atom. The summed E-state index contributed by atoms with van der Waals surface area (Å²) in [7, 11) is -2.40. The van der Waals surface area contributed by atoms with Crippen molar-refractivity contribution in [2.24, 2.45) is 5.92 Å². The predicted molar refractivity (Wildman–Crippen MR) is 97.9 cm³/mol. The van der Waals surface area contributed by atoms with Crippen molar-refractivity contribution in [2.45, 2.75) is 24.3 Å². The number of nitrogens with zero attached hydrogens (tertiary/aromatic N) is 2. The number of hydrogen-bond acceptors (Lipinski definition) is 6. The summed E-state index contributed by atoms with van der Waals surface area (Å²) in [6.45, 7) is -0.318. The smallest absolute Gasteiger partial charge is 0.303 e. The fourth-order valence-electron chi connectivity index (χ4n) is 3.10. The molecule has 29 heavy (non-hydrogen) atoms. The Kier molecular flexibility index (Phi) is 6.73. The number of carboxylic acids is 1. The van der Waals surface area contributed by atoms with Gasteiger partial charge in [-0.05, 0) is 24.1 Å². The van der Waals surface area contributed by atoms with E-state index in [0.29, 0.717) is 0 Å². The van der Waals surface area contributed by atoms with Crippen LogP contribution in [0.15, 0.2) is 23.1 Å². The van der Waals surface area contributed by atoms with Gasteiger partial charge in [-0.3, -0.25) is 19.2 Å². The first-order chi connectivity index (χ1) is 13.4. The molecule has 1 saturated heterocycles. The molecular weight excluding hydrogens is 407 g/mol. The first-order valence-electron chi connectivity index (χ1n) is 8.70. The maximum atomic E-state index is 13.4. The van der Waals surface area contributed by atoms with Crippen molar-refractivity contribution < 1.29 is 37.1 Å². The minimum atomic E-state index is -3.75. The molecule has 1 aromatic carbocycles. The molecule has 1 aliphatic heterocycles. The summed E-state index contributed by atoms with van der Waals surface area (Å²) in [5, 5.41) is 8.66. The molecule has 1 aromatic rings. The number of ketones is 1. The first-order valence-corrected chi connectivity index (χ1v) is 10.6. The minimum Gasteiger partial charge on any atom is -0.481 e. The van der Waals surface area contributed by atoms with Crippen molar-refractivity contribution in [3.05, 3.63) is 29.6 Å². The van der Waals surface area contributed by atoms with Crippen molar-refractivity contribution in [3.63, 3.8) is 0 Å². The van der Waals surface area contributed by atoms with Gasteiger partial charge in [-0.25, -0.2) is 12.8 Å². The van der Waals surface area contributed by atoms with Crippen LogP contribution >= 0.6 is 0 Å². The molecule has 1 aliphatic rings. The Balaban J connectivity index is 2.12. The van der Waals surface area contributed by atoms with Gasteiger partial charge in [-0.1, -0.05) is 6.07 Å². The molecule has 0 aliphatic carbocycles. The van der Waals surface area contributed by atoms with Crippen LogP contribution in [0.2, 0.25) is 0 Å². The van der Waals surface area contributed by atoms with Crippen LogP contribution in [0.5, 0.6) is 0 Å². The summed E-state index contributed by atoms with van der Waals surface area (Å²) in [4.78, 5) is 49.5. The Labute approximate surface area is 167 Å². The molecule has 9 nitrogen and oxygen atoms in total. The van der Waals surface area contributed by atoms with Crippen LogP contribution in [0.25, 0.3) is 0 Å². The van der Waals surface area contributed by atoms with Crippen LogP contribution in [-0.2, 0) is 35.6 Å². The molecule has 11 heteroatoms. The topological polar surface area (TPSA) is 129 Å². The molecule has 158 valence electrons. The van der Waals surface area contributed by atoms with Gasteiger partial charge in [0.25, 0.3) is 5.91 Å². The number of halogens is 1. The van der Waals surface area contributed by atoms with Crippen LogP contribution in [0, 0.1) is 11.7 Å². The summed E-state index contributed by atoms with van der Waals surface area (Å²) in [5.74, 6) is -5.43. The van der Waals surface area contributed by atoms with Crippen molar-refractivity contribution in [2.75, 3.05) is 26.4 Å². The second kappa shape index (κ2) is 8.68. The predicted octanol–water partition coefficient (Wildman–Crippen LogP) is 0.0799. The van der Waals surface area contributed by atoms with E-state index in [2.05, 4.69) is 0 Å². The molecule has 0 saturated carbocycles. The highest BCUT2D eigenvalue weighted by Crippen LogP contribution is 2.22. The summed E-state index contributed by atoms with van der Waals surface area (Å²) < 4.78 is 37.2. The number of likely N-dealkylation sites (tertiary alicyclic amines) is 1. The van der Waals surface area contributed by atoms with E-state index >= 15 is 0 Å². The number of benzene rings is 1. The number of sulfone groups is 1. The Hall–Kier alpha value is -2.82. The number of aliphatic carboxylic acids is 1. The Bertz CT molecular complexity index is 961. The van der Waals surface area contributed by atoms with Crippen LogP contribution in [0.1, 0.15) is 18.4 Å². The summed E-state index contributed by atoms with van der Waals surface area (Å²) in [6, 6.07) is 3.17. The number of carbonyl (C=O) groups is 4. The normalized spacial score (nSPS) is 16.9. The molecule has 0 radical (unpaired) electrons. The quantitative estimate of drug-likeness (QED) is 0.458. The standard InChI is InChI=1S/C18H21FN2O7S/c1-20(9-11-5-6-12(19)8-14(11)29(2,27)28)17(25)13-10-21(18(26)16(13)24)7-3-4-15(22)23/h5-6,8,13H,3-4,7,9-10H2,1-2H3,(H,22,23). The Morgan fingerprint density at radius 3 is 2.55 bits per heavy atom. The fraction of sp³-hybridized carbons (Fsp3) is 0.444. The first kappa shape index (κ1) is 22.5. The van der Waals surface area contributed by atoms with Gasteiger partial charge in [0.1, 0.15) is 11.7 Å². The number of amides is 2. The number of hydrogen-bond donors (Lipinski definition) is 1. The number of carbonyl (C=O) groups excluding carboxylic acids is 3. The monoisotopic (exact) mass is 428 g/mol. The van der Waals surface area contributed by atoms with E-state index < -0.39 is 45.1 Å². The van der Waals surface area contributed by atoms with E-state index in [9.17, 15) is 32.0 Å². The van der Waals surface area contributed by atoms with Crippen molar-refractivity contribution >= 4 is 33.4 Å². The molecule has 1 atom stereocenters. The molecule has 2 amide bonds. The molecule has 1 heterocycles. The zero-order valence-corrected chi connectivity index (χ0v) is 16.7. The van der Waals surface area contributed by atoms with Crippen molar-refractivity contribution in [3.8, 4) is 0 Å². The molecule has 1 unspecified atom stereocenters. The molecular formula is C18H21FN2O7S. The lowest BCUT2D eigenvalue weighted by Gasteiger charge is -2.21. The minimum absolute atomic E-state index is 0.0422. The van der Waals surface area contributed by atoms with Gasteiger partial charge in [0.15, 0.2) is 9.84 Å². The third-order valence-corrected chi connectivity index (χ3v) is 5.73. The molecule has 0 aromatic heterocycles. The second-order valence-electron chi connectivity index (χ2n) is 6.88.